The molecule has 2 N–H and O–H groups in total. The minimum atomic E-state index is -3.72. The van der Waals surface area contributed by atoms with Gasteiger partial charge in [0, 0.05) is 36.3 Å². The Morgan fingerprint density at radius 2 is 1.85 bits per heavy atom. The maximum atomic E-state index is 12.3. The molecule has 0 bridgehead atoms. The molecule has 3 aromatic rings. The molecule has 1 aromatic heterocycles. The van der Waals surface area contributed by atoms with Gasteiger partial charge in [-0.3, -0.25) is 9.63 Å². The first-order valence-corrected chi connectivity index (χ1v) is 9.84. The molecule has 0 aliphatic rings. The highest BCUT2D eigenvalue weighted by molar-refractivity contribution is 7.89. The first kappa shape index (κ1) is 19.1. The van der Waals surface area contributed by atoms with E-state index in [9.17, 15) is 13.2 Å². The average molecular weight is 387 g/mol. The Labute approximate surface area is 158 Å². The molecular weight excluding hydrogens is 366 g/mol. The molecule has 8 heteroatoms. The zero-order valence-electron chi connectivity index (χ0n) is 15.1. The maximum Gasteiger partial charge on any atom is 0.264 e. The Kier molecular flexibility index (Phi) is 5.59. The summed E-state index contributed by atoms with van der Waals surface area (Å²) >= 11 is 0. The molecule has 142 valence electrons. The van der Waals surface area contributed by atoms with Crippen LogP contribution in [0.25, 0.3) is 10.9 Å². The lowest BCUT2D eigenvalue weighted by Crippen LogP contribution is -2.27. The van der Waals surface area contributed by atoms with Crippen molar-refractivity contribution in [2.45, 2.75) is 11.3 Å². The summed E-state index contributed by atoms with van der Waals surface area (Å²) < 4.78 is 25.1. The van der Waals surface area contributed by atoms with Crippen LogP contribution in [0.2, 0.25) is 0 Å². The van der Waals surface area contributed by atoms with E-state index in [1.165, 1.54) is 38.4 Å². The minimum absolute atomic E-state index is 0.0576. The number of hydroxylamine groups is 1. The van der Waals surface area contributed by atoms with Crippen molar-refractivity contribution in [1.29, 1.82) is 0 Å². The number of hydrogen-bond acceptors (Lipinski definition) is 4. The Bertz CT molecular complexity index is 1040. The Morgan fingerprint density at radius 1 is 1.15 bits per heavy atom. The van der Waals surface area contributed by atoms with Crippen LogP contribution < -0.4 is 5.32 Å². The van der Waals surface area contributed by atoms with Gasteiger partial charge in [-0.2, -0.15) is 0 Å². The van der Waals surface area contributed by atoms with E-state index in [0.717, 1.165) is 20.9 Å². The molecule has 7 nitrogen and oxygen atoms in total. The second-order valence-corrected chi connectivity index (χ2v) is 7.92. The van der Waals surface area contributed by atoms with Crippen molar-refractivity contribution >= 4 is 26.8 Å². The zero-order chi connectivity index (χ0) is 19.4. The number of nitrogens with zero attached hydrogens (tertiary/aromatic N) is 1. The van der Waals surface area contributed by atoms with Gasteiger partial charge in [-0.15, -0.1) is 0 Å². The fraction of sp³-hybridized carbons (Fsp3) is 0.211. The highest BCUT2D eigenvalue weighted by atomic mass is 32.2. The van der Waals surface area contributed by atoms with Gasteiger partial charge >= 0.3 is 0 Å². The number of aromatic amines is 1. The third kappa shape index (κ3) is 4.02. The third-order valence-corrected chi connectivity index (χ3v) is 6.06. The van der Waals surface area contributed by atoms with Crippen LogP contribution in [0, 0.1) is 0 Å². The van der Waals surface area contributed by atoms with Crippen LogP contribution in [-0.4, -0.2) is 44.5 Å². The largest absolute Gasteiger partial charge is 0.361 e. The van der Waals surface area contributed by atoms with E-state index in [1.807, 2.05) is 30.5 Å². The van der Waals surface area contributed by atoms with Gasteiger partial charge in [0.1, 0.15) is 0 Å². The van der Waals surface area contributed by atoms with Crippen molar-refractivity contribution in [2.75, 3.05) is 20.7 Å². The number of carbonyl (C=O) groups is 1. The lowest BCUT2D eigenvalue weighted by atomic mass is 10.1. The molecule has 27 heavy (non-hydrogen) atoms. The molecule has 0 aliphatic heterocycles. The summed E-state index contributed by atoms with van der Waals surface area (Å²) in [5.74, 6) is -0.251. The van der Waals surface area contributed by atoms with Crippen LogP contribution in [-0.2, 0) is 21.3 Å². The zero-order valence-corrected chi connectivity index (χ0v) is 15.9. The summed E-state index contributed by atoms with van der Waals surface area (Å²) in [5, 5.41) is 4.00. The third-order valence-electron chi connectivity index (χ3n) is 4.36. The molecule has 2 aromatic carbocycles. The molecular formula is C19H21N3O4S. The topological polar surface area (TPSA) is 91.5 Å². The van der Waals surface area contributed by atoms with E-state index < -0.39 is 10.0 Å². The van der Waals surface area contributed by atoms with Crippen LogP contribution in [0.15, 0.2) is 59.6 Å². The second-order valence-electron chi connectivity index (χ2n) is 5.99. The number of amides is 1. The van der Waals surface area contributed by atoms with Gasteiger partial charge in [-0.1, -0.05) is 22.7 Å². The van der Waals surface area contributed by atoms with Gasteiger partial charge in [0.2, 0.25) is 0 Å². The van der Waals surface area contributed by atoms with Crippen molar-refractivity contribution in [2.24, 2.45) is 0 Å². The van der Waals surface area contributed by atoms with Crippen molar-refractivity contribution in [3.8, 4) is 0 Å². The van der Waals surface area contributed by atoms with Crippen molar-refractivity contribution in [3.63, 3.8) is 0 Å². The molecule has 1 amide bonds. The Morgan fingerprint density at radius 3 is 2.56 bits per heavy atom. The molecule has 3 rings (SSSR count). The normalized spacial score (nSPS) is 11.8. The SMILES string of the molecule is CON(C)S(=O)(=O)c1ccc(C(=O)NCCc2c[nH]c3ccccc23)cc1. The summed E-state index contributed by atoms with van der Waals surface area (Å²) in [7, 11) is -1.15. The van der Waals surface area contributed by atoms with E-state index in [-0.39, 0.29) is 10.8 Å². The van der Waals surface area contributed by atoms with Gasteiger partial charge in [-0.05, 0) is 42.3 Å². The van der Waals surface area contributed by atoms with Gasteiger partial charge in [0.25, 0.3) is 15.9 Å². The number of rotatable bonds is 7. The number of benzene rings is 2. The monoisotopic (exact) mass is 387 g/mol. The smallest absolute Gasteiger partial charge is 0.264 e. The first-order valence-electron chi connectivity index (χ1n) is 8.40. The van der Waals surface area contributed by atoms with Crippen LogP contribution in [0.5, 0.6) is 0 Å². The minimum Gasteiger partial charge on any atom is -0.361 e. The van der Waals surface area contributed by atoms with E-state index in [4.69, 9.17) is 4.84 Å². The first-order chi connectivity index (χ1) is 12.9. The predicted octanol–water partition coefficient (Wildman–Crippen LogP) is 2.32. The fourth-order valence-corrected chi connectivity index (χ4v) is 3.75. The van der Waals surface area contributed by atoms with Crippen molar-refractivity contribution in [3.05, 3.63) is 65.9 Å². The van der Waals surface area contributed by atoms with E-state index in [2.05, 4.69) is 10.3 Å². The van der Waals surface area contributed by atoms with E-state index in [1.54, 1.807) is 0 Å². The fourth-order valence-electron chi connectivity index (χ4n) is 2.78. The number of nitrogens with one attached hydrogen (secondary N) is 2. The number of H-pyrrole nitrogens is 1. The number of fused-ring (bicyclic) bond motifs is 1. The predicted molar refractivity (Wildman–Crippen MR) is 103 cm³/mol. The Hall–Kier alpha value is -2.68. The quantitative estimate of drug-likeness (QED) is 0.609. The van der Waals surface area contributed by atoms with Gasteiger partial charge in [0.15, 0.2) is 0 Å². The Balaban J connectivity index is 1.61. The summed E-state index contributed by atoms with van der Waals surface area (Å²) in [6.45, 7) is 0.479. The van der Waals surface area contributed by atoms with Crippen LogP contribution in [0.1, 0.15) is 15.9 Å². The maximum absolute atomic E-state index is 12.3. The highest BCUT2D eigenvalue weighted by Crippen LogP contribution is 2.18. The molecule has 0 saturated carbocycles. The molecule has 0 atom stereocenters. The van der Waals surface area contributed by atoms with Crippen molar-refractivity contribution in [1.82, 2.24) is 14.8 Å². The van der Waals surface area contributed by atoms with Crippen LogP contribution >= 0.6 is 0 Å². The summed E-state index contributed by atoms with van der Waals surface area (Å²) in [4.78, 5) is 20.3. The lowest BCUT2D eigenvalue weighted by Gasteiger charge is -2.14. The molecule has 0 spiro atoms. The van der Waals surface area contributed by atoms with Crippen LogP contribution in [0.3, 0.4) is 0 Å². The number of sulfonamides is 1. The van der Waals surface area contributed by atoms with Gasteiger partial charge < -0.3 is 10.3 Å². The lowest BCUT2D eigenvalue weighted by molar-refractivity contribution is -0.0258. The number of carbonyl (C=O) groups excluding carboxylic acids is 1. The average Bonchev–Trinajstić information content (AvgIpc) is 3.10. The highest BCUT2D eigenvalue weighted by Gasteiger charge is 2.20. The molecule has 0 saturated heterocycles. The molecule has 1 heterocycles. The van der Waals surface area contributed by atoms with E-state index >= 15 is 0 Å². The van der Waals surface area contributed by atoms with Gasteiger partial charge in [-0.25, -0.2) is 8.42 Å². The molecule has 0 radical (unpaired) electrons. The molecule has 0 unspecified atom stereocenters. The molecule has 0 fully saturated rings. The second kappa shape index (κ2) is 7.91. The number of hydrogen-bond donors (Lipinski definition) is 2. The van der Waals surface area contributed by atoms with Crippen molar-refractivity contribution < 1.29 is 18.0 Å². The molecule has 0 aliphatic carbocycles. The summed E-state index contributed by atoms with van der Waals surface area (Å²) in [6.07, 6.45) is 2.64. The summed E-state index contributed by atoms with van der Waals surface area (Å²) in [5.41, 5.74) is 2.60. The number of aromatic nitrogens is 1. The van der Waals surface area contributed by atoms with Crippen LogP contribution in [0.4, 0.5) is 0 Å². The van der Waals surface area contributed by atoms with E-state index in [0.29, 0.717) is 18.5 Å². The number of para-hydroxylation sites is 1. The standard InChI is InChI=1S/C19H21N3O4S/c1-22(26-2)27(24,25)16-9-7-14(8-10-16)19(23)20-12-11-15-13-21-18-6-4-3-5-17(15)18/h3-10,13,21H,11-12H2,1-2H3,(H,20,23). The summed E-state index contributed by atoms with van der Waals surface area (Å²) in [6, 6.07) is 13.7. The van der Waals surface area contributed by atoms with Gasteiger partial charge in [0.05, 0.1) is 12.0 Å².